The zero-order valence-electron chi connectivity index (χ0n) is 24.9. The molecule has 0 saturated heterocycles. The summed E-state index contributed by atoms with van der Waals surface area (Å²) in [5.74, 6) is -4.87. The maximum atomic E-state index is 15.2. The quantitative estimate of drug-likeness (QED) is 0.122. The largest absolute Gasteiger partial charge is 0.432 e. The van der Waals surface area contributed by atoms with Crippen molar-refractivity contribution in [1.82, 2.24) is 4.98 Å². The molecule has 0 radical (unpaired) electrons. The monoisotopic (exact) mass is 629 g/mol. The molecule has 1 saturated carbocycles. The Bertz CT molecular complexity index is 1590. The fraction of sp³-hybridized carbons (Fsp3) is 0.361. The van der Waals surface area contributed by atoms with Crippen molar-refractivity contribution < 1.29 is 35.5 Å². The van der Waals surface area contributed by atoms with Gasteiger partial charge in [0, 0.05) is 29.0 Å². The Kier molecular flexibility index (Phi) is 10.1. The van der Waals surface area contributed by atoms with Crippen molar-refractivity contribution >= 4 is 0 Å². The summed E-state index contributed by atoms with van der Waals surface area (Å²) in [4.78, 5) is 4.54. The summed E-state index contributed by atoms with van der Waals surface area (Å²) in [6.07, 6.45) is 7.04. The number of unbranched alkanes of at least 4 members (excludes halogenated alkanes) is 2. The average Bonchev–Trinajstić information content (AvgIpc) is 3.01. The van der Waals surface area contributed by atoms with E-state index in [-0.39, 0.29) is 11.1 Å². The maximum Gasteiger partial charge on any atom is 0.432 e. The number of halogens is 7. The van der Waals surface area contributed by atoms with Crippen LogP contribution < -0.4 is 4.74 Å². The van der Waals surface area contributed by atoms with Gasteiger partial charge in [0.05, 0.1) is 5.69 Å². The first-order chi connectivity index (χ1) is 21.6. The summed E-state index contributed by atoms with van der Waals surface area (Å²) in [5.41, 5.74) is -0.504. The molecule has 45 heavy (non-hydrogen) atoms. The lowest BCUT2D eigenvalue weighted by atomic mass is 9.77. The van der Waals surface area contributed by atoms with E-state index in [1.807, 2.05) is 18.3 Å². The lowest BCUT2D eigenvalue weighted by molar-refractivity contribution is -0.189. The van der Waals surface area contributed by atoms with Gasteiger partial charge in [0.25, 0.3) is 0 Å². The molecular weight excluding hydrogens is 595 g/mol. The minimum absolute atomic E-state index is 0.205. The highest BCUT2D eigenvalue weighted by atomic mass is 19.3. The van der Waals surface area contributed by atoms with Gasteiger partial charge in [-0.25, -0.2) is 22.0 Å². The van der Waals surface area contributed by atoms with Gasteiger partial charge in [0.1, 0.15) is 41.3 Å². The zero-order valence-corrected chi connectivity index (χ0v) is 24.9. The fourth-order valence-electron chi connectivity index (χ4n) is 6.10. The Morgan fingerprint density at radius 3 is 2.09 bits per heavy atom. The molecule has 1 aliphatic carbocycles. The van der Waals surface area contributed by atoms with Crippen LogP contribution in [-0.2, 0) is 12.8 Å². The zero-order chi connectivity index (χ0) is 32.1. The molecular formula is C36H34F7NO. The van der Waals surface area contributed by atoms with Crippen LogP contribution in [0.4, 0.5) is 30.7 Å². The van der Waals surface area contributed by atoms with Gasteiger partial charge in [-0.2, -0.15) is 8.78 Å². The van der Waals surface area contributed by atoms with Crippen molar-refractivity contribution in [2.45, 2.75) is 77.0 Å². The number of hydrogen-bond donors (Lipinski definition) is 0. The number of alkyl halides is 3. The molecule has 2 nitrogen and oxygen atoms in total. The fourth-order valence-corrected chi connectivity index (χ4v) is 6.10. The summed E-state index contributed by atoms with van der Waals surface area (Å²) in [6.45, 7) is 1.04. The van der Waals surface area contributed by atoms with Crippen molar-refractivity contribution in [3.8, 4) is 28.1 Å². The highest BCUT2D eigenvalue weighted by Gasteiger charge is 2.41. The van der Waals surface area contributed by atoms with Crippen molar-refractivity contribution in [2.75, 3.05) is 0 Å². The van der Waals surface area contributed by atoms with Crippen LogP contribution in [0.3, 0.4) is 0 Å². The first-order valence-electron chi connectivity index (χ1n) is 15.3. The predicted octanol–water partition coefficient (Wildman–Crippen LogP) is 11.4. The number of hydrogen-bond acceptors (Lipinski definition) is 2. The highest BCUT2D eigenvalue weighted by Crippen LogP contribution is 2.40. The van der Waals surface area contributed by atoms with Gasteiger partial charge in [0.2, 0.25) is 0 Å². The van der Waals surface area contributed by atoms with Gasteiger partial charge in [-0.1, -0.05) is 50.8 Å². The van der Waals surface area contributed by atoms with Gasteiger partial charge in [-0.15, -0.1) is 0 Å². The van der Waals surface area contributed by atoms with Crippen LogP contribution in [0.15, 0.2) is 66.9 Å². The molecule has 4 aromatic rings. The second kappa shape index (κ2) is 14.0. The third kappa shape index (κ3) is 7.51. The first-order valence-corrected chi connectivity index (χ1v) is 15.3. The third-order valence-corrected chi connectivity index (χ3v) is 8.64. The predicted molar refractivity (Wildman–Crippen MR) is 160 cm³/mol. The molecule has 0 bridgehead atoms. The van der Waals surface area contributed by atoms with Crippen LogP contribution in [0.2, 0.25) is 0 Å². The number of pyridine rings is 1. The minimum atomic E-state index is -4.55. The molecule has 3 aromatic carbocycles. The summed E-state index contributed by atoms with van der Waals surface area (Å²) in [7, 11) is 0. The molecule has 1 fully saturated rings. The van der Waals surface area contributed by atoms with Gasteiger partial charge in [-0.3, -0.25) is 4.98 Å². The lowest BCUT2D eigenvalue weighted by Gasteiger charge is -2.28. The number of rotatable bonds is 11. The summed E-state index contributed by atoms with van der Waals surface area (Å²) in [6, 6.07) is 11.2. The Morgan fingerprint density at radius 1 is 0.778 bits per heavy atom. The first kappa shape index (κ1) is 32.5. The smallest absolute Gasteiger partial charge is 0.429 e. The molecule has 1 aromatic heterocycles. The van der Waals surface area contributed by atoms with Crippen LogP contribution in [0.25, 0.3) is 22.4 Å². The van der Waals surface area contributed by atoms with Crippen molar-refractivity contribution in [3.05, 3.63) is 107 Å². The van der Waals surface area contributed by atoms with Gasteiger partial charge >= 0.3 is 6.11 Å². The molecule has 0 unspecified atom stereocenters. The Labute approximate surface area is 258 Å². The van der Waals surface area contributed by atoms with Gasteiger partial charge < -0.3 is 4.74 Å². The van der Waals surface area contributed by atoms with E-state index in [0.717, 1.165) is 36.5 Å². The molecule has 5 rings (SSSR count). The molecule has 9 heteroatoms. The van der Waals surface area contributed by atoms with Crippen molar-refractivity contribution in [1.29, 1.82) is 0 Å². The van der Waals surface area contributed by atoms with Crippen LogP contribution in [0, 0.1) is 29.2 Å². The number of nitrogens with zero attached hydrogens (tertiary/aromatic N) is 1. The molecule has 1 heterocycles. The van der Waals surface area contributed by atoms with E-state index in [4.69, 9.17) is 0 Å². The highest BCUT2D eigenvalue weighted by molar-refractivity contribution is 5.70. The van der Waals surface area contributed by atoms with E-state index in [1.54, 1.807) is 6.07 Å². The summed E-state index contributed by atoms with van der Waals surface area (Å²) >= 11 is 0. The summed E-state index contributed by atoms with van der Waals surface area (Å²) < 4.78 is 105. The molecule has 0 atom stereocenters. The molecule has 0 aliphatic heterocycles. The number of aromatic nitrogens is 1. The number of benzene rings is 3. The molecule has 238 valence electrons. The van der Waals surface area contributed by atoms with E-state index in [9.17, 15) is 26.3 Å². The minimum Gasteiger partial charge on any atom is -0.429 e. The van der Waals surface area contributed by atoms with Gasteiger partial charge in [-0.05, 0) is 85.0 Å². The van der Waals surface area contributed by atoms with E-state index in [1.165, 1.54) is 50.7 Å². The molecule has 0 amide bonds. The second-order valence-electron chi connectivity index (χ2n) is 11.7. The molecule has 0 N–H and O–H groups in total. The van der Waals surface area contributed by atoms with E-state index in [2.05, 4.69) is 16.6 Å². The van der Waals surface area contributed by atoms with Crippen LogP contribution >= 0.6 is 0 Å². The maximum absolute atomic E-state index is 15.2. The van der Waals surface area contributed by atoms with Crippen LogP contribution in [0.5, 0.6) is 5.75 Å². The van der Waals surface area contributed by atoms with Crippen LogP contribution in [-0.4, -0.2) is 4.98 Å². The Hall–Kier alpha value is -3.88. The summed E-state index contributed by atoms with van der Waals surface area (Å²) in [5, 5.41) is 0. The van der Waals surface area contributed by atoms with E-state index >= 15 is 4.39 Å². The SMILES string of the molecule is CCCCCC1CCC(c2ccc(-c3ccc(-c4cc(F)c(C(F)(F)Oc5ccc(CF)c(F)c5)c(F)c4)c(F)c3)nc2)CC1. The van der Waals surface area contributed by atoms with Gasteiger partial charge in [0.15, 0.2) is 0 Å². The van der Waals surface area contributed by atoms with Crippen molar-refractivity contribution in [3.63, 3.8) is 0 Å². The average molecular weight is 630 g/mol. The third-order valence-electron chi connectivity index (χ3n) is 8.64. The normalized spacial score (nSPS) is 17.0. The van der Waals surface area contributed by atoms with E-state index < -0.39 is 52.9 Å². The van der Waals surface area contributed by atoms with E-state index in [0.29, 0.717) is 35.4 Å². The Morgan fingerprint density at radius 2 is 1.49 bits per heavy atom. The number of ether oxygens (including phenoxy) is 1. The topological polar surface area (TPSA) is 22.1 Å². The molecule has 0 spiro atoms. The van der Waals surface area contributed by atoms with Crippen LogP contribution in [0.1, 0.15) is 80.9 Å². The Balaban J connectivity index is 1.29. The second-order valence-corrected chi connectivity index (χ2v) is 11.7. The lowest BCUT2D eigenvalue weighted by Crippen LogP contribution is -2.25. The van der Waals surface area contributed by atoms with Crippen molar-refractivity contribution in [2.24, 2.45) is 5.92 Å². The molecule has 1 aliphatic rings. The standard InChI is InChI=1S/C36H34F7NO/c1-2-3-4-5-22-6-8-23(9-7-22)26-12-15-34(44-21-26)24-11-14-29(31(39)16-24)27-17-32(40)35(33(41)18-27)36(42,43)45-28-13-10-25(20-37)30(38)19-28/h10-19,21-23H,2-9,20H2,1H3.